The van der Waals surface area contributed by atoms with Crippen molar-refractivity contribution in [2.75, 3.05) is 7.11 Å². The van der Waals surface area contributed by atoms with Crippen LogP contribution in [0.4, 0.5) is 0 Å². The molecule has 3 nitrogen and oxygen atoms in total. The van der Waals surface area contributed by atoms with Gasteiger partial charge in [-0.15, -0.1) is 0 Å². The van der Waals surface area contributed by atoms with Crippen LogP contribution in [0.3, 0.4) is 0 Å². The molecule has 0 aromatic heterocycles. The summed E-state index contributed by atoms with van der Waals surface area (Å²) in [6.07, 6.45) is 4.52. The molecule has 1 aliphatic carbocycles. The van der Waals surface area contributed by atoms with Gasteiger partial charge in [0.05, 0.1) is 22.8 Å². The lowest BCUT2D eigenvalue weighted by atomic mass is 9.94. The summed E-state index contributed by atoms with van der Waals surface area (Å²) in [4.78, 5) is 0. The van der Waals surface area contributed by atoms with Crippen LogP contribution in [0.25, 0.3) is 0 Å². The molecule has 1 saturated carbocycles. The van der Waals surface area contributed by atoms with Crippen molar-refractivity contribution in [3.8, 4) is 11.8 Å². The van der Waals surface area contributed by atoms with E-state index in [0.29, 0.717) is 16.3 Å². The average molecular weight is 266 g/mol. The Hall–Kier alpha value is -1.24. The molecule has 0 N–H and O–H groups in total. The molecular formula is C14H16ClNO2. The number of nitrogens with zero attached hydrogens (tertiary/aromatic N) is 1. The van der Waals surface area contributed by atoms with E-state index in [1.807, 2.05) is 0 Å². The predicted octanol–water partition coefficient (Wildman–Crippen LogP) is 3.55. The van der Waals surface area contributed by atoms with Gasteiger partial charge >= 0.3 is 0 Å². The van der Waals surface area contributed by atoms with Gasteiger partial charge in [0.1, 0.15) is 11.9 Å². The van der Waals surface area contributed by atoms with Gasteiger partial charge in [0.2, 0.25) is 0 Å². The summed E-state index contributed by atoms with van der Waals surface area (Å²) < 4.78 is 11.4. The van der Waals surface area contributed by atoms with Gasteiger partial charge in [-0.05, 0) is 37.5 Å². The molecule has 4 heteroatoms. The number of hydrogen-bond acceptors (Lipinski definition) is 3. The van der Waals surface area contributed by atoms with E-state index in [-0.39, 0.29) is 12.2 Å². The lowest BCUT2D eigenvalue weighted by molar-refractivity contribution is -0.0228. The molecule has 1 aliphatic rings. The van der Waals surface area contributed by atoms with E-state index in [4.69, 9.17) is 26.3 Å². The highest BCUT2D eigenvalue weighted by Gasteiger charge is 2.27. The fourth-order valence-corrected chi connectivity index (χ4v) is 2.52. The zero-order valence-electron chi connectivity index (χ0n) is 10.4. The third kappa shape index (κ3) is 2.95. The molecule has 96 valence electrons. The van der Waals surface area contributed by atoms with Gasteiger partial charge in [-0.25, -0.2) is 0 Å². The monoisotopic (exact) mass is 265 g/mol. The largest absolute Gasteiger partial charge is 0.486 e. The Morgan fingerprint density at radius 1 is 1.28 bits per heavy atom. The van der Waals surface area contributed by atoms with Crippen LogP contribution in [-0.4, -0.2) is 19.3 Å². The minimum Gasteiger partial charge on any atom is -0.486 e. The first-order valence-electron chi connectivity index (χ1n) is 6.13. The Kier molecular flexibility index (Phi) is 4.46. The smallest absolute Gasteiger partial charge is 0.138 e. The van der Waals surface area contributed by atoms with Crippen LogP contribution < -0.4 is 4.74 Å². The maximum Gasteiger partial charge on any atom is 0.138 e. The van der Waals surface area contributed by atoms with Gasteiger partial charge in [-0.1, -0.05) is 18.0 Å². The fraction of sp³-hybridized carbons (Fsp3) is 0.500. The molecule has 0 radical (unpaired) electrons. The first kappa shape index (κ1) is 13.2. The van der Waals surface area contributed by atoms with Crippen molar-refractivity contribution in [1.82, 2.24) is 0 Å². The third-order valence-corrected chi connectivity index (χ3v) is 3.58. The highest BCUT2D eigenvalue weighted by Crippen LogP contribution is 2.30. The first-order valence-corrected chi connectivity index (χ1v) is 6.51. The Bertz CT molecular complexity index is 456. The van der Waals surface area contributed by atoms with Crippen molar-refractivity contribution in [3.63, 3.8) is 0 Å². The molecule has 1 aromatic carbocycles. The standard InChI is InChI=1S/C14H16ClNO2/c1-17-13-4-2-3-5-14(13)18-12-7-6-10(9-16)8-11(12)15/h6-8,13-14H,2-5H2,1H3. The van der Waals surface area contributed by atoms with Gasteiger partial charge in [0.25, 0.3) is 0 Å². The summed E-state index contributed by atoms with van der Waals surface area (Å²) in [6, 6.07) is 7.15. The second kappa shape index (κ2) is 6.08. The molecule has 0 amide bonds. The maximum atomic E-state index is 8.79. The molecule has 2 unspecified atom stereocenters. The van der Waals surface area contributed by atoms with Crippen molar-refractivity contribution in [1.29, 1.82) is 5.26 Å². The van der Waals surface area contributed by atoms with E-state index in [1.165, 1.54) is 6.42 Å². The minimum atomic E-state index is 0.0502. The zero-order chi connectivity index (χ0) is 13.0. The molecule has 18 heavy (non-hydrogen) atoms. The van der Waals surface area contributed by atoms with Crippen LogP contribution in [0.1, 0.15) is 31.2 Å². The first-order chi connectivity index (χ1) is 8.74. The van der Waals surface area contributed by atoms with Crippen LogP contribution in [0.5, 0.6) is 5.75 Å². The van der Waals surface area contributed by atoms with Gasteiger partial charge in [-0.3, -0.25) is 0 Å². The molecule has 0 bridgehead atoms. The number of ether oxygens (including phenoxy) is 2. The zero-order valence-corrected chi connectivity index (χ0v) is 11.1. The van der Waals surface area contributed by atoms with Crippen molar-refractivity contribution in [2.24, 2.45) is 0 Å². The van der Waals surface area contributed by atoms with Gasteiger partial charge in [0, 0.05) is 7.11 Å². The highest BCUT2D eigenvalue weighted by atomic mass is 35.5. The topological polar surface area (TPSA) is 42.2 Å². The van der Waals surface area contributed by atoms with E-state index in [9.17, 15) is 0 Å². The Balaban J connectivity index is 2.10. The highest BCUT2D eigenvalue weighted by molar-refractivity contribution is 6.32. The molecule has 1 aromatic rings. The summed E-state index contributed by atoms with van der Waals surface area (Å²) in [5, 5.41) is 9.27. The van der Waals surface area contributed by atoms with Crippen molar-refractivity contribution in [2.45, 2.75) is 37.9 Å². The molecule has 2 atom stereocenters. The number of benzene rings is 1. The van der Waals surface area contributed by atoms with Crippen molar-refractivity contribution < 1.29 is 9.47 Å². The number of halogens is 1. The van der Waals surface area contributed by atoms with Crippen LogP contribution in [0.15, 0.2) is 18.2 Å². The number of hydrogen-bond donors (Lipinski definition) is 0. The van der Waals surface area contributed by atoms with Crippen LogP contribution >= 0.6 is 11.6 Å². The summed E-state index contributed by atoms with van der Waals surface area (Å²) in [5.41, 5.74) is 0.541. The Morgan fingerprint density at radius 3 is 2.61 bits per heavy atom. The second-order valence-electron chi connectivity index (χ2n) is 4.47. The molecule has 2 rings (SSSR count). The summed E-state index contributed by atoms with van der Waals surface area (Å²) in [7, 11) is 1.72. The molecule has 0 spiro atoms. The molecular weight excluding hydrogens is 250 g/mol. The van der Waals surface area contributed by atoms with Gasteiger partial charge in [-0.2, -0.15) is 5.26 Å². The fourth-order valence-electron chi connectivity index (χ4n) is 2.30. The van der Waals surface area contributed by atoms with Gasteiger partial charge < -0.3 is 9.47 Å². The van der Waals surface area contributed by atoms with E-state index >= 15 is 0 Å². The second-order valence-corrected chi connectivity index (χ2v) is 4.88. The molecule has 0 heterocycles. The van der Waals surface area contributed by atoms with Crippen LogP contribution in [-0.2, 0) is 4.74 Å². The van der Waals surface area contributed by atoms with E-state index in [1.54, 1.807) is 25.3 Å². The van der Waals surface area contributed by atoms with Crippen LogP contribution in [0.2, 0.25) is 5.02 Å². The van der Waals surface area contributed by atoms with E-state index < -0.39 is 0 Å². The molecule has 0 saturated heterocycles. The SMILES string of the molecule is COC1CCCCC1Oc1ccc(C#N)cc1Cl. The third-order valence-electron chi connectivity index (χ3n) is 3.28. The summed E-state index contributed by atoms with van der Waals surface area (Å²) in [6.45, 7) is 0. The van der Waals surface area contributed by atoms with Crippen molar-refractivity contribution in [3.05, 3.63) is 28.8 Å². The number of nitriles is 1. The van der Waals surface area contributed by atoms with E-state index in [0.717, 1.165) is 19.3 Å². The summed E-state index contributed by atoms with van der Waals surface area (Å²) >= 11 is 6.10. The van der Waals surface area contributed by atoms with Gasteiger partial charge in [0.15, 0.2) is 0 Å². The molecule has 0 aliphatic heterocycles. The predicted molar refractivity (Wildman–Crippen MR) is 69.8 cm³/mol. The lowest BCUT2D eigenvalue weighted by Gasteiger charge is -2.31. The quantitative estimate of drug-likeness (QED) is 0.839. The van der Waals surface area contributed by atoms with Crippen molar-refractivity contribution >= 4 is 11.6 Å². The summed E-state index contributed by atoms with van der Waals surface area (Å²) in [5.74, 6) is 0.629. The number of rotatable bonds is 3. The Labute approximate surface area is 112 Å². The normalized spacial score (nSPS) is 23.4. The average Bonchev–Trinajstić information content (AvgIpc) is 2.41. The Morgan fingerprint density at radius 2 is 2.00 bits per heavy atom. The maximum absolute atomic E-state index is 8.79. The minimum absolute atomic E-state index is 0.0502. The van der Waals surface area contributed by atoms with E-state index in [2.05, 4.69) is 6.07 Å². The van der Waals surface area contributed by atoms with Crippen LogP contribution in [0, 0.1) is 11.3 Å². The molecule has 1 fully saturated rings. The lowest BCUT2D eigenvalue weighted by Crippen LogP contribution is -2.36. The number of methoxy groups -OCH3 is 1.